The highest BCUT2D eigenvalue weighted by Crippen LogP contribution is 2.36. The van der Waals surface area contributed by atoms with E-state index in [-0.39, 0.29) is 0 Å². The molecule has 0 fully saturated rings. The predicted octanol–water partition coefficient (Wildman–Crippen LogP) is 9.25. The lowest BCUT2D eigenvalue weighted by Gasteiger charge is -2.13. The highest BCUT2D eigenvalue weighted by atomic mass is 32.1. The van der Waals surface area contributed by atoms with Gasteiger partial charge in [0.1, 0.15) is 34.9 Å². The molecule has 1 aliphatic rings. The van der Waals surface area contributed by atoms with Gasteiger partial charge in [0.2, 0.25) is 0 Å². The van der Waals surface area contributed by atoms with Crippen LogP contribution in [0.2, 0.25) is 0 Å². The molecular weight excluding hydrogens is 779 g/mol. The normalized spacial score (nSPS) is 11.4. The molecule has 286 valence electrons. The van der Waals surface area contributed by atoms with Crippen molar-refractivity contribution in [3.05, 3.63) is 166 Å². The van der Waals surface area contributed by atoms with Crippen LogP contribution in [0.4, 0.5) is 11.6 Å². The van der Waals surface area contributed by atoms with Crippen LogP contribution in [0.1, 0.15) is 33.4 Å². The Bertz CT molecular complexity index is 2820. The molecule has 15 heteroatoms. The van der Waals surface area contributed by atoms with E-state index in [0.29, 0.717) is 41.4 Å². The van der Waals surface area contributed by atoms with Crippen molar-refractivity contribution in [3.63, 3.8) is 0 Å². The summed E-state index contributed by atoms with van der Waals surface area (Å²) in [6.07, 6.45) is 6.45. The van der Waals surface area contributed by atoms with Crippen LogP contribution >= 0.6 is 22.7 Å². The molecule has 0 amide bonds. The number of pyridine rings is 2. The van der Waals surface area contributed by atoms with Gasteiger partial charge in [-0.2, -0.15) is 15.8 Å². The smallest absolute Gasteiger partial charge is 0.170 e. The predicted molar refractivity (Wildman–Crippen MR) is 228 cm³/mol. The van der Waals surface area contributed by atoms with Crippen LogP contribution in [0.5, 0.6) is 0 Å². The number of furan rings is 2. The van der Waals surface area contributed by atoms with Gasteiger partial charge in [-0.05, 0) is 70.4 Å². The molecule has 9 rings (SSSR count). The van der Waals surface area contributed by atoms with Crippen LogP contribution < -0.4 is 27.1 Å². The minimum Gasteiger partial charge on any atom is -0.472 e. The molecule has 6 aromatic heterocycles. The average Bonchev–Trinajstić information content (AvgIpc) is 4.14. The van der Waals surface area contributed by atoms with E-state index in [0.717, 1.165) is 65.9 Å². The van der Waals surface area contributed by atoms with E-state index in [2.05, 4.69) is 50.4 Å². The van der Waals surface area contributed by atoms with E-state index in [9.17, 15) is 10.5 Å². The molecule has 0 saturated carbocycles. The Kier molecular flexibility index (Phi) is 11.5. The van der Waals surface area contributed by atoms with Crippen molar-refractivity contribution in [2.45, 2.75) is 13.1 Å². The first kappa shape index (κ1) is 37.9. The molecule has 13 nitrogen and oxygen atoms in total. The standard InChI is InChI=1S/C22H17N7OS.C22H14N4OS/c23-11-18-17(16-7-8-30-13-16)10-19(20-2-1-9-31-20)25-22(18)24-12-14-3-5-15(6-4-14)21-26-28-29-27-21;23-11-15-3-5-16(6-4-15)13-25-22-19(12-24)18(17-7-8-27-14-17)10-20(26-22)21-2-1-9-28-21/h1-10,13,28-29H,12H2,(H,24,25)(H,26,27);1-10,14H,13H2,(H,25,26). The van der Waals surface area contributed by atoms with Crippen molar-refractivity contribution in [3.8, 4) is 61.6 Å². The van der Waals surface area contributed by atoms with Gasteiger partial charge in [-0.15, -0.1) is 33.3 Å². The van der Waals surface area contributed by atoms with Crippen molar-refractivity contribution in [2.24, 2.45) is 5.10 Å². The molecule has 1 aliphatic heterocycles. The monoisotopic (exact) mass is 809 g/mol. The summed E-state index contributed by atoms with van der Waals surface area (Å²) in [5, 5.41) is 43.3. The van der Waals surface area contributed by atoms with Gasteiger partial charge in [-0.3, -0.25) is 5.43 Å². The average molecular weight is 810 g/mol. The number of hydrazine groups is 2. The van der Waals surface area contributed by atoms with Crippen LogP contribution in [-0.2, 0) is 13.1 Å². The highest BCUT2D eigenvalue weighted by Gasteiger charge is 2.18. The van der Waals surface area contributed by atoms with E-state index < -0.39 is 0 Å². The molecule has 5 N–H and O–H groups in total. The second-order valence-electron chi connectivity index (χ2n) is 12.8. The molecule has 0 atom stereocenters. The fourth-order valence-electron chi connectivity index (χ4n) is 6.15. The summed E-state index contributed by atoms with van der Waals surface area (Å²) in [6, 6.07) is 37.5. The zero-order chi connectivity index (χ0) is 40.4. The second-order valence-corrected chi connectivity index (χ2v) is 14.7. The number of nitrogens with zero attached hydrogens (tertiary/aromatic N) is 6. The number of thiophene rings is 2. The topological polar surface area (TPSA) is 196 Å². The van der Waals surface area contributed by atoms with Gasteiger partial charge >= 0.3 is 0 Å². The molecular formula is C44H31N11O2S2. The molecule has 0 bridgehead atoms. The molecule has 0 radical (unpaired) electrons. The summed E-state index contributed by atoms with van der Waals surface area (Å²) in [6.45, 7) is 1.02. The number of hydrogen-bond acceptors (Lipinski definition) is 15. The van der Waals surface area contributed by atoms with Crippen molar-refractivity contribution < 1.29 is 8.83 Å². The molecule has 0 saturated heterocycles. The Morgan fingerprint density at radius 1 is 0.610 bits per heavy atom. The largest absolute Gasteiger partial charge is 0.472 e. The minimum absolute atomic E-state index is 0.468. The molecule has 7 heterocycles. The van der Waals surface area contributed by atoms with Crippen molar-refractivity contribution in [2.75, 3.05) is 10.6 Å². The molecule has 2 aromatic carbocycles. The van der Waals surface area contributed by atoms with Crippen molar-refractivity contribution in [1.29, 1.82) is 15.8 Å². The zero-order valence-electron chi connectivity index (χ0n) is 30.9. The summed E-state index contributed by atoms with van der Waals surface area (Å²) in [7, 11) is 0. The van der Waals surface area contributed by atoms with Gasteiger partial charge in [0.05, 0.1) is 57.8 Å². The lowest BCUT2D eigenvalue weighted by Crippen LogP contribution is -2.35. The quantitative estimate of drug-likeness (QED) is 0.0832. The number of aromatic nitrogens is 2. The van der Waals surface area contributed by atoms with Gasteiger partial charge in [0, 0.05) is 40.9 Å². The number of nitriles is 3. The van der Waals surface area contributed by atoms with Crippen molar-refractivity contribution >= 4 is 40.1 Å². The summed E-state index contributed by atoms with van der Waals surface area (Å²) >= 11 is 3.20. The van der Waals surface area contributed by atoms with Crippen LogP contribution in [0.15, 0.2) is 147 Å². The van der Waals surface area contributed by atoms with Gasteiger partial charge < -0.3 is 19.5 Å². The molecule has 0 spiro atoms. The Morgan fingerprint density at radius 3 is 1.54 bits per heavy atom. The Balaban J connectivity index is 0.000000165. The molecule has 8 aromatic rings. The van der Waals surface area contributed by atoms with E-state index >= 15 is 0 Å². The fourth-order valence-corrected chi connectivity index (χ4v) is 7.52. The van der Waals surface area contributed by atoms with Gasteiger partial charge in [-0.25, -0.2) is 15.5 Å². The first-order valence-electron chi connectivity index (χ1n) is 18.0. The third kappa shape index (κ3) is 8.71. The third-order valence-corrected chi connectivity index (χ3v) is 10.9. The first-order valence-corrected chi connectivity index (χ1v) is 19.8. The number of hydrogen-bond donors (Lipinski definition) is 5. The van der Waals surface area contributed by atoms with Crippen molar-refractivity contribution in [1.82, 2.24) is 26.5 Å². The SMILES string of the molecule is N#Cc1c(-c2ccoc2)cc(-c2cccs2)nc1NCc1ccc(C2=NNNN2)cc1.N#Cc1ccc(CNc2nc(-c3cccs3)cc(-c3ccoc3)c2C#N)cc1. The highest BCUT2D eigenvalue weighted by molar-refractivity contribution is 7.13. The number of amidine groups is 1. The molecule has 59 heavy (non-hydrogen) atoms. The first-order chi connectivity index (χ1) is 29.1. The van der Waals surface area contributed by atoms with Gasteiger partial charge in [0.25, 0.3) is 0 Å². The number of rotatable bonds is 11. The number of benzene rings is 2. The lowest BCUT2D eigenvalue weighted by atomic mass is 10.0. The maximum absolute atomic E-state index is 9.88. The van der Waals surface area contributed by atoms with E-state index in [4.69, 9.17) is 24.1 Å². The summed E-state index contributed by atoms with van der Waals surface area (Å²) in [5.41, 5.74) is 17.7. The number of hydrazone groups is 1. The number of anilines is 2. The van der Waals surface area contributed by atoms with Gasteiger partial charge in [-0.1, -0.05) is 48.5 Å². The Morgan fingerprint density at radius 2 is 1.14 bits per heavy atom. The summed E-state index contributed by atoms with van der Waals surface area (Å²) < 4.78 is 10.5. The molecule has 0 aliphatic carbocycles. The summed E-state index contributed by atoms with van der Waals surface area (Å²) in [5.74, 6) is 1.79. The second kappa shape index (κ2) is 17.9. The van der Waals surface area contributed by atoms with Crippen LogP contribution in [0, 0.1) is 34.0 Å². The third-order valence-electron chi connectivity index (χ3n) is 9.11. The Hall–Kier alpha value is -8.00. The maximum atomic E-state index is 9.88. The van der Waals surface area contributed by atoms with Crippen LogP contribution in [-0.4, -0.2) is 15.8 Å². The van der Waals surface area contributed by atoms with Gasteiger partial charge in [0.15, 0.2) is 5.84 Å². The lowest BCUT2D eigenvalue weighted by molar-refractivity contribution is 0.568. The number of nitrogens with one attached hydrogen (secondary N) is 5. The van der Waals surface area contributed by atoms with E-state index in [1.54, 1.807) is 59.9 Å². The van der Waals surface area contributed by atoms with E-state index in [1.807, 2.05) is 95.7 Å². The van der Waals surface area contributed by atoms with Crippen LogP contribution in [0.3, 0.4) is 0 Å². The van der Waals surface area contributed by atoms with E-state index in [1.165, 1.54) is 0 Å². The summed E-state index contributed by atoms with van der Waals surface area (Å²) in [4.78, 5) is 11.5. The maximum Gasteiger partial charge on any atom is 0.170 e. The minimum atomic E-state index is 0.468. The van der Waals surface area contributed by atoms with Crippen LogP contribution in [0.25, 0.3) is 43.4 Å². The Labute approximate surface area is 346 Å². The molecule has 0 unspecified atom stereocenters. The zero-order valence-corrected chi connectivity index (χ0v) is 32.6. The fraction of sp³-hybridized carbons (Fsp3) is 0.0455.